The van der Waals surface area contributed by atoms with Gasteiger partial charge in [-0.1, -0.05) is 72.8 Å². The molecular formula is C76H74N14O4. The average Bonchev–Trinajstić information content (AvgIpc) is 0.938. The molecule has 15 rings (SSSR count). The van der Waals surface area contributed by atoms with Gasteiger partial charge in [-0.25, -0.2) is 19.9 Å². The first kappa shape index (κ1) is 59.7. The van der Waals surface area contributed by atoms with Gasteiger partial charge in [0.1, 0.15) is 23.3 Å². The lowest BCUT2D eigenvalue weighted by molar-refractivity contribution is -0.0306. The van der Waals surface area contributed by atoms with Crippen LogP contribution in [0.5, 0.6) is 0 Å². The van der Waals surface area contributed by atoms with E-state index in [0.29, 0.717) is 47.2 Å². The smallest absolute Gasteiger partial charge is 0.254 e. The zero-order chi connectivity index (χ0) is 64.1. The van der Waals surface area contributed by atoms with Crippen molar-refractivity contribution >= 4 is 67.8 Å². The molecule has 1 aliphatic carbocycles. The monoisotopic (exact) mass is 1250 g/mol. The Balaban J connectivity index is 0.567. The number of nitrogens with one attached hydrogen (secondary N) is 6. The first-order valence-electron chi connectivity index (χ1n) is 32.7. The fourth-order valence-electron chi connectivity index (χ4n) is 14.5. The van der Waals surface area contributed by atoms with Crippen LogP contribution in [0.3, 0.4) is 0 Å². The Morgan fingerprint density at radius 3 is 0.947 bits per heavy atom. The molecule has 4 aromatic heterocycles. The Labute approximate surface area is 544 Å². The predicted molar refractivity (Wildman–Crippen MR) is 370 cm³/mol. The van der Waals surface area contributed by atoms with Gasteiger partial charge in [0.15, 0.2) is 0 Å². The minimum Gasteiger partial charge on any atom is -0.351 e. The van der Waals surface area contributed by atoms with Gasteiger partial charge in [-0.05, 0) is 198 Å². The number of H-pyrrole nitrogens is 4. The van der Waals surface area contributed by atoms with Crippen LogP contribution in [0, 0.1) is 11.8 Å². The molecule has 4 unspecified atom stereocenters. The van der Waals surface area contributed by atoms with Crippen LogP contribution in [0.2, 0.25) is 0 Å². The van der Waals surface area contributed by atoms with Crippen molar-refractivity contribution in [2.75, 3.05) is 67.5 Å². The molecular weight excluding hydrogens is 1170 g/mol. The van der Waals surface area contributed by atoms with Gasteiger partial charge in [-0.2, -0.15) is 0 Å². The van der Waals surface area contributed by atoms with Crippen molar-refractivity contribution in [3.05, 3.63) is 192 Å². The largest absolute Gasteiger partial charge is 0.351 e. The lowest BCUT2D eigenvalue weighted by Crippen LogP contribution is -2.60. The molecule has 3 fully saturated rings. The molecule has 3 aliphatic rings. The van der Waals surface area contributed by atoms with Crippen LogP contribution in [0.4, 0.5) is 0 Å². The molecule has 0 spiro atoms. The molecule has 4 amide bonds. The molecule has 2 aliphatic heterocycles. The third kappa shape index (κ3) is 11.9. The Bertz CT molecular complexity index is 4530. The number of amides is 4. The highest BCUT2D eigenvalue weighted by Gasteiger charge is 2.48. The van der Waals surface area contributed by atoms with Gasteiger partial charge in [-0.15, -0.1) is 0 Å². The number of likely N-dealkylation sites (N-methyl/N-ethyl adjacent to an activating group) is 2. The van der Waals surface area contributed by atoms with Crippen LogP contribution >= 0.6 is 0 Å². The van der Waals surface area contributed by atoms with Crippen LogP contribution < -0.4 is 10.6 Å². The summed E-state index contributed by atoms with van der Waals surface area (Å²) >= 11 is 0. The van der Waals surface area contributed by atoms with Crippen LogP contribution in [0.25, 0.3) is 112 Å². The predicted octanol–water partition coefficient (Wildman–Crippen LogP) is 12.7. The van der Waals surface area contributed by atoms with E-state index in [1.807, 2.05) is 159 Å². The number of aromatic nitrogens is 8. The number of piperidine rings is 2. The topological polar surface area (TPSA) is 220 Å². The molecule has 0 bridgehead atoms. The normalized spacial score (nSPS) is 17.3. The maximum absolute atomic E-state index is 14.5. The second kappa shape index (κ2) is 25.2. The summed E-state index contributed by atoms with van der Waals surface area (Å²) in [5, 5.41) is 5.93. The van der Waals surface area contributed by atoms with Crippen molar-refractivity contribution in [3.8, 4) is 67.8 Å². The first-order chi connectivity index (χ1) is 45.8. The van der Waals surface area contributed by atoms with Gasteiger partial charge >= 0.3 is 0 Å². The van der Waals surface area contributed by atoms with E-state index in [9.17, 15) is 19.2 Å². The summed E-state index contributed by atoms with van der Waals surface area (Å²) in [7, 11) is 7.92. The molecule has 6 N–H and O–H groups in total. The number of rotatable bonds is 16. The number of fused-ring (bicyclic) bond motifs is 7. The van der Waals surface area contributed by atoms with E-state index < -0.39 is 0 Å². The number of carbonyl (C=O) groups excluding carboxylic acids is 4. The summed E-state index contributed by atoms with van der Waals surface area (Å²) in [5.74, 6) is 3.55. The van der Waals surface area contributed by atoms with E-state index in [1.54, 1.807) is 0 Å². The SMILES string of the molecule is CN(C)CCNC(=O)c1ccc(-c2nc3ccc(-c4ccc5nc(-c6ccc(C(=O)N7CCCC8C9CCCN(C(=O)c%10ccc(-c%11nc%12ccc(-c%13ccc%14nc(-c%15ccc(C(=O)NCCN(C)C)cc%15)[nH]c%14c%13)cc%12[nH]%11)cc%10)C9CCC87)cc6)[nH]c5c4)cc3[nH]2)cc1. The maximum atomic E-state index is 14.5. The number of hydrogen-bond acceptors (Lipinski definition) is 10. The van der Waals surface area contributed by atoms with E-state index in [1.165, 1.54) is 0 Å². The van der Waals surface area contributed by atoms with Gasteiger partial charge in [0.05, 0.1) is 44.1 Å². The minimum atomic E-state index is -0.0961. The molecule has 2 saturated heterocycles. The Kier molecular flexibility index (Phi) is 16.0. The van der Waals surface area contributed by atoms with Gasteiger partial charge in [-0.3, -0.25) is 19.2 Å². The van der Waals surface area contributed by atoms with Crippen molar-refractivity contribution in [3.63, 3.8) is 0 Å². The molecule has 6 heterocycles. The van der Waals surface area contributed by atoms with Crippen LogP contribution in [0.1, 0.15) is 80.0 Å². The Morgan fingerprint density at radius 1 is 0.383 bits per heavy atom. The molecule has 1 saturated carbocycles. The van der Waals surface area contributed by atoms with Crippen molar-refractivity contribution in [2.24, 2.45) is 11.8 Å². The summed E-state index contributed by atoms with van der Waals surface area (Å²) in [6, 6.07) is 55.9. The summed E-state index contributed by atoms with van der Waals surface area (Å²) in [4.78, 5) is 96.4. The molecule has 94 heavy (non-hydrogen) atoms. The number of aromatic amines is 4. The second-order valence-corrected chi connectivity index (χ2v) is 26.0. The molecule has 0 radical (unpaired) electrons. The third-order valence-corrected chi connectivity index (χ3v) is 19.4. The molecule has 12 aromatic rings. The second-order valence-electron chi connectivity index (χ2n) is 26.0. The Hall–Kier alpha value is -10.6. The van der Waals surface area contributed by atoms with Crippen molar-refractivity contribution < 1.29 is 19.2 Å². The fourth-order valence-corrected chi connectivity index (χ4v) is 14.5. The van der Waals surface area contributed by atoms with Crippen molar-refractivity contribution in [2.45, 2.75) is 50.6 Å². The number of likely N-dealkylation sites (tertiary alicyclic amines) is 2. The summed E-state index contributed by atoms with van der Waals surface area (Å²) < 4.78 is 0. The van der Waals surface area contributed by atoms with E-state index in [-0.39, 0.29) is 35.7 Å². The minimum absolute atomic E-state index is 0.0685. The molecule has 8 aromatic carbocycles. The third-order valence-electron chi connectivity index (χ3n) is 19.4. The quantitative estimate of drug-likeness (QED) is 0.0537. The standard InChI is InChI=1S/C76H74N14O4/c1-87(2)39-35-77-73(91)49-17-9-45(10-18-49)69-79-59-29-25-53(41-63(59)83-69)55-27-31-61-65(43-55)85-71(81-61)47-13-21-51(22-14-47)75(93)89-37-5-7-57-58-8-6-38-90(68(58)34-33-67(57)89)76(94)52-23-15-48(16-24-52)72-82-62-32-28-56(44-66(62)86-72)54-26-30-60-64(42-54)84-70(80-60)46-11-19-50(20-12-46)74(92)78-36-40-88(3)4/h9-32,41-44,57-58,67-68H,5-8,33-40H2,1-4H3,(H,77,91)(H,78,92)(H,79,83)(H,80,84)(H,81,85)(H,82,86). The highest BCUT2D eigenvalue weighted by Crippen LogP contribution is 2.46. The van der Waals surface area contributed by atoms with Gasteiger partial charge < -0.3 is 50.2 Å². The van der Waals surface area contributed by atoms with E-state index in [2.05, 4.69) is 88.9 Å². The van der Waals surface area contributed by atoms with Crippen molar-refractivity contribution in [1.29, 1.82) is 0 Å². The highest BCUT2D eigenvalue weighted by molar-refractivity contribution is 5.98. The van der Waals surface area contributed by atoms with Crippen LogP contribution in [0.15, 0.2) is 170 Å². The molecule has 18 nitrogen and oxygen atoms in total. The summed E-state index contributed by atoms with van der Waals surface area (Å²) in [5.41, 5.74) is 17.3. The summed E-state index contributed by atoms with van der Waals surface area (Å²) in [6.07, 6.45) is 5.75. The Morgan fingerprint density at radius 2 is 0.660 bits per heavy atom. The van der Waals surface area contributed by atoms with Crippen LogP contribution in [-0.4, -0.2) is 163 Å². The lowest BCUT2D eigenvalue weighted by atomic mass is 9.65. The van der Waals surface area contributed by atoms with Gasteiger partial charge in [0, 0.05) is 95.9 Å². The highest BCUT2D eigenvalue weighted by atomic mass is 16.2. The van der Waals surface area contributed by atoms with Crippen molar-refractivity contribution in [1.82, 2.24) is 70.1 Å². The zero-order valence-electron chi connectivity index (χ0n) is 53.2. The number of carbonyl (C=O) groups is 4. The summed E-state index contributed by atoms with van der Waals surface area (Å²) in [6.45, 7) is 4.18. The number of benzene rings is 8. The number of nitrogens with zero attached hydrogens (tertiary/aromatic N) is 8. The number of imidazole rings is 4. The fraction of sp³-hybridized carbons (Fsp3) is 0.263. The molecule has 4 atom stereocenters. The molecule has 472 valence electrons. The van der Waals surface area contributed by atoms with Crippen LogP contribution in [-0.2, 0) is 0 Å². The van der Waals surface area contributed by atoms with Gasteiger partial charge in [0.2, 0.25) is 0 Å². The lowest BCUT2D eigenvalue weighted by Gasteiger charge is -2.54. The average molecular weight is 1250 g/mol. The van der Waals surface area contributed by atoms with Gasteiger partial charge in [0.25, 0.3) is 23.6 Å². The maximum Gasteiger partial charge on any atom is 0.254 e. The molecule has 18 heteroatoms. The van der Waals surface area contributed by atoms with E-state index in [4.69, 9.17) is 19.9 Å². The number of hydrogen-bond donors (Lipinski definition) is 6. The zero-order valence-corrected chi connectivity index (χ0v) is 53.2. The van der Waals surface area contributed by atoms with E-state index in [0.717, 1.165) is 177 Å². The van der Waals surface area contributed by atoms with E-state index >= 15 is 0 Å². The first-order valence-corrected chi connectivity index (χ1v) is 32.7.